The minimum absolute atomic E-state index is 0.140. The van der Waals surface area contributed by atoms with Crippen LogP contribution in [0, 0.1) is 6.92 Å². The predicted octanol–water partition coefficient (Wildman–Crippen LogP) is 6.28. The van der Waals surface area contributed by atoms with Crippen molar-refractivity contribution in [1.82, 2.24) is 14.8 Å². The lowest BCUT2D eigenvalue weighted by Crippen LogP contribution is -2.14. The third-order valence-electron chi connectivity index (χ3n) is 4.49. The molecule has 0 aliphatic heterocycles. The zero-order valence-corrected chi connectivity index (χ0v) is 18.9. The first-order valence-corrected chi connectivity index (χ1v) is 11.2. The molecule has 0 spiro atoms. The van der Waals surface area contributed by atoms with Gasteiger partial charge in [0.15, 0.2) is 11.0 Å². The van der Waals surface area contributed by atoms with Gasteiger partial charge < -0.3 is 5.32 Å². The average Bonchev–Trinajstić information content (AvgIpc) is 3.19. The molecule has 8 heteroatoms. The van der Waals surface area contributed by atoms with E-state index in [1.165, 1.54) is 11.8 Å². The highest BCUT2D eigenvalue weighted by molar-refractivity contribution is 7.99. The van der Waals surface area contributed by atoms with E-state index in [4.69, 9.17) is 23.2 Å². The summed E-state index contributed by atoms with van der Waals surface area (Å²) >= 11 is 13.3. The fraction of sp³-hybridized carbons (Fsp3) is 0.0870. The van der Waals surface area contributed by atoms with Crippen LogP contribution in [0.1, 0.15) is 5.56 Å². The maximum atomic E-state index is 12.4. The summed E-state index contributed by atoms with van der Waals surface area (Å²) in [5, 5.41) is 13.5. The number of benzene rings is 3. The zero-order chi connectivity index (χ0) is 21.8. The molecule has 3 aromatic carbocycles. The van der Waals surface area contributed by atoms with Crippen LogP contribution in [-0.4, -0.2) is 26.4 Å². The van der Waals surface area contributed by atoms with Crippen molar-refractivity contribution in [3.8, 4) is 17.1 Å². The fourth-order valence-corrected chi connectivity index (χ4v) is 3.94. The van der Waals surface area contributed by atoms with Crippen molar-refractivity contribution >= 4 is 46.6 Å². The molecule has 0 radical (unpaired) electrons. The Kier molecular flexibility index (Phi) is 6.61. The molecule has 1 N–H and O–H groups in total. The van der Waals surface area contributed by atoms with E-state index in [1.54, 1.807) is 24.3 Å². The third kappa shape index (κ3) is 5.28. The maximum Gasteiger partial charge on any atom is 0.234 e. The highest BCUT2D eigenvalue weighted by Crippen LogP contribution is 2.29. The predicted molar refractivity (Wildman–Crippen MR) is 127 cm³/mol. The van der Waals surface area contributed by atoms with Crippen LogP contribution in [0.3, 0.4) is 0 Å². The molecule has 4 aromatic rings. The minimum Gasteiger partial charge on any atom is -0.325 e. The molecule has 0 unspecified atom stereocenters. The molecular formula is C23H18Cl2N4OS. The number of anilines is 1. The van der Waals surface area contributed by atoms with Crippen molar-refractivity contribution in [3.63, 3.8) is 0 Å². The van der Waals surface area contributed by atoms with Gasteiger partial charge in [-0.05, 0) is 67.6 Å². The van der Waals surface area contributed by atoms with Crippen molar-refractivity contribution in [2.45, 2.75) is 12.1 Å². The van der Waals surface area contributed by atoms with E-state index in [-0.39, 0.29) is 11.7 Å². The van der Waals surface area contributed by atoms with Gasteiger partial charge in [-0.25, -0.2) is 0 Å². The van der Waals surface area contributed by atoms with Crippen molar-refractivity contribution in [3.05, 3.63) is 88.4 Å². The summed E-state index contributed by atoms with van der Waals surface area (Å²) in [6.45, 7) is 2.03. The Morgan fingerprint density at radius 1 is 0.903 bits per heavy atom. The van der Waals surface area contributed by atoms with Crippen LogP contribution in [-0.2, 0) is 4.79 Å². The van der Waals surface area contributed by atoms with E-state index in [0.717, 1.165) is 16.8 Å². The van der Waals surface area contributed by atoms with E-state index < -0.39 is 0 Å². The van der Waals surface area contributed by atoms with Crippen molar-refractivity contribution in [2.75, 3.05) is 11.1 Å². The maximum absolute atomic E-state index is 12.4. The molecule has 0 aliphatic rings. The zero-order valence-electron chi connectivity index (χ0n) is 16.5. The standard InChI is InChI=1S/C23H18Cl2N4OS/c1-15-2-12-20(13-3-15)29-22(16-4-6-17(24)7-5-16)27-28-23(29)31-14-21(30)26-19-10-8-18(25)9-11-19/h2-13H,14H2,1H3,(H,26,30). The Labute approximate surface area is 194 Å². The second kappa shape index (κ2) is 9.56. The Bertz CT molecular complexity index is 1190. The fourth-order valence-electron chi connectivity index (χ4n) is 2.94. The Balaban J connectivity index is 1.59. The van der Waals surface area contributed by atoms with Gasteiger partial charge >= 0.3 is 0 Å². The van der Waals surface area contributed by atoms with E-state index in [1.807, 2.05) is 60.0 Å². The average molecular weight is 469 g/mol. The minimum atomic E-state index is -0.140. The first-order chi connectivity index (χ1) is 15.0. The smallest absolute Gasteiger partial charge is 0.234 e. The molecular weight excluding hydrogens is 451 g/mol. The molecule has 0 bridgehead atoms. The number of carbonyl (C=O) groups excluding carboxylic acids is 1. The highest BCUT2D eigenvalue weighted by atomic mass is 35.5. The summed E-state index contributed by atoms with van der Waals surface area (Å²) in [7, 11) is 0. The molecule has 1 aromatic heterocycles. The van der Waals surface area contributed by atoms with Crippen LogP contribution in [0.15, 0.2) is 78.0 Å². The number of nitrogens with one attached hydrogen (secondary N) is 1. The number of amides is 1. The van der Waals surface area contributed by atoms with Crippen LogP contribution in [0.25, 0.3) is 17.1 Å². The quantitative estimate of drug-likeness (QED) is 0.338. The normalized spacial score (nSPS) is 10.8. The van der Waals surface area contributed by atoms with Gasteiger partial charge in [-0.1, -0.05) is 52.7 Å². The first kappa shape index (κ1) is 21.4. The number of hydrogen-bond donors (Lipinski definition) is 1. The van der Waals surface area contributed by atoms with Gasteiger partial charge in [0.1, 0.15) is 0 Å². The number of thioether (sulfide) groups is 1. The lowest BCUT2D eigenvalue weighted by Gasteiger charge is -2.11. The number of rotatable bonds is 6. The monoisotopic (exact) mass is 468 g/mol. The van der Waals surface area contributed by atoms with Gasteiger partial charge in [0, 0.05) is 27.0 Å². The van der Waals surface area contributed by atoms with E-state index in [0.29, 0.717) is 26.7 Å². The Morgan fingerprint density at radius 2 is 1.52 bits per heavy atom. The number of nitrogens with zero attached hydrogens (tertiary/aromatic N) is 3. The van der Waals surface area contributed by atoms with Crippen LogP contribution >= 0.6 is 35.0 Å². The second-order valence-electron chi connectivity index (χ2n) is 6.83. The Morgan fingerprint density at radius 3 is 2.16 bits per heavy atom. The SMILES string of the molecule is Cc1ccc(-n2c(SCC(=O)Nc3ccc(Cl)cc3)nnc2-c2ccc(Cl)cc2)cc1. The summed E-state index contributed by atoms with van der Waals surface area (Å²) in [5.74, 6) is 0.729. The topological polar surface area (TPSA) is 59.8 Å². The van der Waals surface area contributed by atoms with Gasteiger partial charge in [0.25, 0.3) is 0 Å². The van der Waals surface area contributed by atoms with Crippen LogP contribution in [0.5, 0.6) is 0 Å². The molecule has 31 heavy (non-hydrogen) atoms. The number of hydrogen-bond acceptors (Lipinski definition) is 4. The molecule has 1 heterocycles. The summed E-state index contributed by atoms with van der Waals surface area (Å²) in [6.07, 6.45) is 0. The molecule has 5 nitrogen and oxygen atoms in total. The van der Waals surface area contributed by atoms with Crippen molar-refractivity contribution in [2.24, 2.45) is 0 Å². The van der Waals surface area contributed by atoms with Gasteiger partial charge in [-0.3, -0.25) is 9.36 Å². The molecule has 0 aliphatic carbocycles. The van der Waals surface area contributed by atoms with Crippen LogP contribution < -0.4 is 5.32 Å². The van der Waals surface area contributed by atoms with Crippen LogP contribution in [0.2, 0.25) is 10.0 Å². The largest absolute Gasteiger partial charge is 0.325 e. The van der Waals surface area contributed by atoms with Gasteiger partial charge in [-0.15, -0.1) is 10.2 Å². The first-order valence-electron chi connectivity index (χ1n) is 9.46. The molecule has 156 valence electrons. The van der Waals surface area contributed by atoms with E-state index in [9.17, 15) is 4.79 Å². The van der Waals surface area contributed by atoms with Gasteiger partial charge in [0.2, 0.25) is 5.91 Å². The lowest BCUT2D eigenvalue weighted by molar-refractivity contribution is -0.113. The summed E-state index contributed by atoms with van der Waals surface area (Å²) < 4.78 is 1.95. The Hall–Kier alpha value is -2.80. The summed E-state index contributed by atoms with van der Waals surface area (Å²) in [4.78, 5) is 12.4. The second-order valence-corrected chi connectivity index (χ2v) is 8.64. The highest BCUT2D eigenvalue weighted by Gasteiger charge is 2.17. The van der Waals surface area contributed by atoms with Crippen molar-refractivity contribution in [1.29, 1.82) is 0 Å². The molecule has 1 amide bonds. The number of carbonyl (C=O) groups is 1. The number of aromatic nitrogens is 3. The molecule has 4 rings (SSSR count). The van der Waals surface area contributed by atoms with Gasteiger partial charge in [0.05, 0.1) is 5.75 Å². The van der Waals surface area contributed by atoms with Gasteiger partial charge in [-0.2, -0.15) is 0 Å². The molecule has 0 atom stereocenters. The summed E-state index contributed by atoms with van der Waals surface area (Å²) in [6, 6.07) is 22.5. The molecule has 0 saturated heterocycles. The molecule has 0 fully saturated rings. The van der Waals surface area contributed by atoms with E-state index >= 15 is 0 Å². The summed E-state index contributed by atoms with van der Waals surface area (Å²) in [5.41, 5.74) is 3.65. The lowest BCUT2D eigenvalue weighted by atomic mass is 10.2. The molecule has 0 saturated carbocycles. The number of halogens is 2. The third-order valence-corrected chi connectivity index (χ3v) is 5.92. The van der Waals surface area contributed by atoms with Crippen LogP contribution in [0.4, 0.5) is 5.69 Å². The van der Waals surface area contributed by atoms with E-state index in [2.05, 4.69) is 15.5 Å². The number of aryl methyl sites for hydroxylation is 1. The van der Waals surface area contributed by atoms with Crippen molar-refractivity contribution < 1.29 is 4.79 Å².